The van der Waals surface area contributed by atoms with Crippen LogP contribution in [0.3, 0.4) is 0 Å². The summed E-state index contributed by atoms with van der Waals surface area (Å²) in [5, 5.41) is 0. The van der Waals surface area contributed by atoms with Crippen LogP contribution in [0.1, 0.15) is 30.9 Å². The van der Waals surface area contributed by atoms with Crippen LogP contribution >= 0.6 is 10.7 Å². The summed E-state index contributed by atoms with van der Waals surface area (Å²) < 4.78 is 28.0. The molecule has 108 valence electrons. The van der Waals surface area contributed by atoms with Crippen LogP contribution in [0.4, 0.5) is 0 Å². The number of hydrogen-bond acceptors (Lipinski definition) is 3. The summed E-state index contributed by atoms with van der Waals surface area (Å²) in [7, 11) is 1.84. The van der Waals surface area contributed by atoms with Gasteiger partial charge in [-0.25, -0.2) is 8.42 Å². The molecular formula is C14H21ClO3S. The minimum absolute atomic E-state index is 0.0345. The van der Waals surface area contributed by atoms with Crippen LogP contribution in [0, 0.1) is 19.8 Å². The van der Waals surface area contributed by atoms with Crippen LogP contribution in [0.5, 0.6) is 5.75 Å². The van der Waals surface area contributed by atoms with Gasteiger partial charge in [0.05, 0.1) is 12.4 Å². The van der Waals surface area contributed by atoms with Crippen LogP contribution < -0.4 is 4.74 Å². The quantitative estimate of drug-likeness (QED) is 0.722. The number of hydrogen-bond donors (Lipinski definition) is 0. The summed E-state index contributed by atoms with van der Waals surface area (Å²) in [6.07, 6.45) is 1.70. The van der Waals surface area contributed by atoms with E-state index in [-0.39, 0.29) is 11.7 Å². The monoisotopic (exact) mass is 304 g/mol. The highest BCUT2D eigenvalue weighted by atomic mass is 35.7. The number of halogens is 1. The Labute approximate surface area is 120 Å². The van der Waals surface area contributed by atoms with E-state index < -0.39 is 9.05 Å². The Balaban J connectivity index is 2.62. The first kappa shape index (κ1) is 16.3. The maximum atomic E-state index is 11.1. The zero-order valence-electron chi connectivity index (χ0n) is 11.6. The summed E-state index contributed by atoms with van der Waals surface area (Å²) >= 11 is 0. The average molecular weight is 305 g/mol. The van der Waals surface area contributed by atoms with Gasteiger partial charge in [0.25, 0.3) is 0 Å². The topological polar surface area (TPSA) is 43.4 Å². The highest BCUT2D eigenvalue weighted by Crippen LogP contribution is 2.19. The molecule has 0 spiro atoms. The second-order valence-electron chi connectivity index (χ2n) is 4.92. The van der Waals surface area contributed by atoms with Crippen LogP contribution in [0.15, 0.2) is 18.2 Å². The van der Waals surface area contributed by atoms with Crippen LogP contribution in [0.2, 0.25) is 0 Å². The summed E-state index contributed by atoms with van der Waals surface area (Å²) in [4.78, 5) is 0. The molecule has 1 aromatic rings. The number of aryl methyl sites for hydroxylation is 2. The van der Waals surface area contributed by atoms with Gasteiger partial charge < -0.3 is 4.74 Å². The molecule has 0 saturated heterocycles. The molecule has 0 aromatic heterocycles. The van der Waals surface area contributed by atoms with Crippen molar-refractivity contribution in [3.05, 3.63) is 29.3 Å². The van der Waals surface area contributed by atoms with Crippen molar-refractivity contribution in [1.82, 2.24) is 0 Å². The SMILES string of the molecule is CCCC(COc1ccc(C)c(C)c1)CS(=O)(=O)Cl. The molecule has 1 unspecified atom stereocenters. The lowest BCUT2D eigenvalue weighted by molar-refractivity contribution is 0.253. The Hall–Kier alpha value is -0.740. The van der Waals surface area contributed by atoms with Crippen molar-refractivity contribution in [1.29, 1.82) is 0 Å². The molecule has 0 N–H and O–H groups in total. The molecule has 5 heteroatoms. The zero-order chi connectivity index (χ0) is 14.5. The molecule has 0 amide bonds. The van der Waals surface area contributed by atoms with E-state index in [0.717, 1.165) is 24.2 Å². The highest BCUT2D eigenvalue weighted by Gasteiger charge is 2.17. The van der Waals surface area contributed by atoms with Crippen molar-refractivity contribution in [3.8, 4) is 5.75 Å². The van der Waals surface area contributed by atoms with E-state index in [1.807, 2.05) is 39.0 Å². The second kappa shape index (κ2) is 7.15. The molecule has 3 nitrogen and oxygen atoms in total. The summed E-state index contributed by atoms with van der Waals surface area (Å²) in [5.74, 6) is 0.679. The minimum atomic E-state index is -3.47. The summed E-state index contributed by atoms with van der Waals surface area (Å²) in [6, 6.07) is 5.87. The lowest BCUT2D eigenvalue weighted by Crippen LogP contribution is -2.19. The van der Waals surface area contributed by atoms with E-state index >= 15 is 0 Å². The van der Waals surface area contributed by atoms with Gasteiger partial charge in [-0.2, -0.15) is 0 Å². The summed E-state index contributed by atoms with van der Waals surface area (Å²) in [5.41, 5.74) is 2.37. The standard InChI is InChI=1S/C14H21ClO3S/c1-4-5-13(10-19(15,16)17)9-18-14-7-6-11(2)12(3)8-14/h6-8,13H,4-5,9-10H2,1-3H3. The fourth-order valence-electron chi connectivity index (χ4n) is 1.92. The van der Waals surface area contributed by atoms with Crippen molar-refractivity contribution in [2.24, 2.45) is 5.92 Å². The van der Waals surface area contributed by atoms with Gasteiger partial charge in [-0.1, -0.05) is 19.4 Å². The molecule has 0 aliphatic rings. The predicted molar refractivity (Wildman–Crippen MR) is 79.4 cm³/mol. The average Bonchev–Trinajstić information content (AvgIpc) is 2.29. The zero-order valence-corrected chi connectivity index (χ0v) is 13.2. The van der Waals surface area contributed by atoms with E-state index in [2.05, 4.69) is 0 Å². The molecule has 0 fully saturated rings. The van der Waals surface area contributed by atoms with Crippen LogP contribution in [-0.2, 0) is 9.05 Å². The Kier molecular flexibility index (Phi) is 6.14. The molecule has 0 aliphatic heterocycles. The molecule has 0 bridgehead atoms. The van der Waals surface area contributed by atoms with E-state index in [1.165, 1.54) is 5.56 Å². The highest BCUT2D eigenvalue weighted by molar-refractivity contribution is 8.13. The third-order valence-electron chi connectivity index (χ3n) is 3.10. The largest absolute Gasteiger partial charge is 0.493 e. The molecule has 1 aromatic carbocycles. The molecular weight excluding hydrogens is 284 g/mol. The lowest BCUT2D eigenvalue weighted by Gasteiger charge is -2.16. The first-order valence-electron chi connectivity index (χ1n) is 6.44. The number of benzene rings is 1. The van der Waals surface area contributed by atoms with Crippen molar-refractivity contribution in [2.45, 2.75) is 33.6 Å². The predicted octanol–water partition coefficient (Wildman–Crippen LogP) is 3.67. The van der Waals surface area contributed by atoms with Crippen LogP contribution in [-0.4, -0.2) is 20.8 Å². The Morgan fingerprint density at radius 1 is 1.26 bits per heavy atom. The van der Waals surface area contributed by atoms with Gasteiger partial charge in [0.15, 0.2) is 0 Å². The molecule has 19 heavy (non-hydrogen) atoms. The van der Waals surface area contributed by atoms with Gasteiger partial charge in [0.1, 0.15) is 5.75 Å². The summed E-state index contributed by atoms with van der Waals surface area (Å²) in [6.45, 7) is 6.46. The van der Waals surface area contributed by atoms with Crippen LogP contribution in [0.25, 0.3) is 0 Å². The van der Waals surface area contributed by atoms with Crippen molar-refractivity contribution in [2.75, 3.05) is 12.4 Å². The molecule has 0 heterocycles. The molecule has 0 aliphatic carbocycles. The third-order valence-corrected chi connectivity index (χ3v) is 4.34. The number of rotatable bonds is 7. The first-order chi connectivity index (χ1) is 8.81. The van der Waals surface area contributed by atoms with Gasteiger partial charge in [-0.3, -0.25) is 0 Å². The van der Waals surface area contributed by atoms with Crippen molar-refractivity contribution < 1.29 is 13.2 Å². The second-order valence-corrected chi connectivity index (χ2v) is 7.74. The lowest BCUT2D eigenvalue weighted by atomic mass is 10.1. The Morgan fingerprint density at radius 3 is 2.47 bits per heavy atom. The van der Waals surface area contributed by atoms with E-state index in [4.69, 9.17) is 15.4 Å². The van der Waals surface area contributed by atoms with Gasteiger partial charge >= 0.3 is 0 Å². The van der Waals surface area contributed by atoms with Gasteiger partial charge in [-0.15, -0.1) is 0 Å². The maximum Gasteiger partial charge on any atom is 0.232 e. The van der Waals surface area contributed by atoms with E-state index in [0.29, 0.717) is 6.61 Å². The smallest absolute Gasteiger partial charge is 0.232 e. The fourth-order valence-corrected chi connectivity index (χ4v) is 3.28. The van der Waals surface area contributed by atoms with Crippen molar-refractivity contribution >= 4 is 19.7 Å². The third kappa shape index (κ3) is 6.30. The minimum Gasteiger partial charge on any atom is -0.493 e. The Morgan fingerprint density at radius 2 is 1.95 bits per heavy atom. The van der Waals surface area contributed by atoms with Gasteiger partial charge in [0, 0.05) is 16.6 Å². The van der Waals surface area contributed by atoms with Gasteiger partial charge in [0.2, 0.25) is 9.05 Å². The van der Waals surface area contributed by atoms with Crippen molar-refractivity contribution in [3.63, 3.8) is 0 Å². The van der Waals surface area contributed by atoms with E-state index in [9.17, 15) is 8.42 Å². The Bertz CT molecular complexity index is 511. The van der Waals surface area contributed by atoms with Gasteiger partial charge in [-0.05, 0) is 43.5 Å². The number of ether oxygens (including phenoxy) is 1. The molecule has 0 saturated carbocycles. The first-order valence-corrected chi connectivity index (χ1v) is 8.92. The molecule has 0 radical (unpaired) electrons. The maximum absolute atomic E-state index is 11.1. The molecule has 1 rings (SSSR count). The molecule has 1 atom stereocenters. The normalized spacial score (nSPS) is 13.3. The van der Waals surface area contributed by atoms with E-state index in [1.54, 1.807) is 0 Å². The fraction of sp³-hybridized carbons (Fsp3) is 0.571.